The summed E-state index contributed by atoms with van der Waals surface area (Å²) in [5.74, 6) is -1.07. The van der Waals surface area contributed by atoms with Crippen LogP contribution in [0.4, 0.5) is 0 Å². The molecule has 0 spiro atoms. The molecule has 3 N–H and O–H groups in total. The van der Waals surface area contributed by atoms with Gasteiger partial charge in [-0.3, -0.25) is 0 Å². The molecule has 1 rings (SSSR count). The number of rotatable bonds is 7. The van der Waals surface area contributed by atoms with Crippen LogP contribution in [0.15, 0.2) is 30.3 Å². The van der Waals surface area contributed by atoms with Crippen molar-refractivity contribution in [3.63, 3.8) is 0 Å². The van der Waals surface area contributed by atoms with E-state index in [1.807, 2.05) is 51.5 Å². The Kier molecular flexibility index (Phi) is 9.38. The number of benzene rings is 1. The van der Waals surface area contributed by atoms with E-state index in [-0.39, 0.29) is 12.5 Å². The van der Waals surface area contributed by atoms with Crippen molar-refractivity contribution in [1.82, 2.24) is 0 Å². The number of carbonyl (C=O) groups is 1. The molecule has 0 saturated carbocycles. The van der Waals surface area contributed by atoms with Crippen LogP contribution in [0, 0.1) is 0 Å². The number of hydrogen-bond donors (Lipinski definition) is 3. The second-order valence-electron chi connectivity index (χ2n) is 5.98. The summed E-state index contributed by atoms with van der Waals surface area (Å²) in [6, 6.07) is 9.73. The first kappa shape index (κ1) is 21.8. The fourth-order valence-electron chi connectivity index (χ4n) is 1.76. The van der Waals surface area contributed by atoms with Gasteiger partial charge in [-0.05, 0) is 5.56 Å². The van der Waals surface area contributed by atoms with Gasteiger partial charge in [-0.25, -0.2) is 0 Å². The van der Waals surface area contributed by atoms with Gasteiger partial charge in [0.2, 0.25) is 0 Å². The normalized spacial score (nSPS) is 13.0. The Bertz CT molecular complexity index is 501. The molecule has 0 aliphatic rings. The number of aliphatic carboxylic acids is 1. The Balaban J connectivity index is 0.000000841. The van der Waals surface area contributed by atoms with Crippen molar-refractivity contribution in [3.8, 4) is 0 Å². The van der Waals surface area contributed by atoms with E-state index in [1.165, 1.54) is 0 Å². The number of quaternary nitrogens is 1. The number of likely N-dealkylation sites (N-methyl/N-ethyl adjacent to an activating group) is 1. The summed E-state index contributed by atoms with van der Waals surface area (Å²) in [4.78, 5) is 10.7. The number of hydrogen-bond acceptors (Lipinski definition) is 4. The van der Waals surface area contributed by atoms with Gasteiger partial charge < -0.3 is 19.1 Å². The standard InChI is InChI=1S/C14H21NO3.AsH3O4/c1-15(2,3)10-13(9-14(16)17)18-11-12-7-5-4-6-8-12;2-1(3,4)5/h4-8,13H,9-11H2,1-3H3;(H3,2,3,4,5). The van der Waals surface area contributed by atoms with Crippen LogP contribution in [0.25, 0.3) is 0 Å². The molecule has 0 bridgehead atoms. The van der Waals surface area contributed by atoms with Gasteiger partial charge in [0.1, 0.15) is 12.6 Å². The molecular formula is C14H24AsNO7. The predicted octanol–water partition coefficient (Wildman–Crippen LogP) is -1.75. The molecule has 1 aromatic carbocycles. The van der Waals surface area contributed by atoms with Gasteiger partial charge in [-0.1, -0.05) is 30.3 Å². The van der Waals surface area contributed by atoms with Gasteiger partial charge in [0.25, 0.3) is 0 Å². The van der Waals surface area contributed by atoms with E-state index < -0.39 is 20.5 Å². The Morgan fingerprint density at radius 3 is 2.09 bits per heavy atom. The third-order valence-electron chi connectivity index (χ3n) is 2.47. The first-order valence-electron chi connectivity index (χ1n) is 6.81. The van der Waals surface area contributed by atoms with Crippen LogP contribution < -0.4 is 5.11 Å². The summed E-state index contributed by atoms with van der Waals surface area (Å²) >= 11 is -5.12. The van der Waals surface area contributed by atoms with E-state index in [9.17, 15) is 9.90 Å². The van der Waals surface area contributed by atoms with Crippen molar-refractivity contribution in [3.05, 3.63) is 35.9 Å². The van der Waals surface area contributed by atoms with Crippen LogP contribution in [0.3, 0.4) is 0 Å². The van der Waals surface area contributed by atoms with Crippen molar-refractivity contribution < 1.29 is 35.1 Å². The average molecular weight is 393 g/mol. The van der Waals surface area contributed by atoms with Gasteiger partial charge in [0, 0.05) is 12.4 Å². The zero-order valence-electron chi connectivity index (χ0n) is 13.5. The summed E-state index contributed by atoms with van der Waals surface area (Å²) in [6.45, 7) is 1.07. The molecule has 23 heavy (non-hydrogen) atoms. The zero-order valence-corrected chi connectivity index (χ0v) is 15.3. The van der Waals surface area contributed by atoms with Gasteiger partial charge in [-0.15, -0.1) is 0 Å². The molecule has 0 amide bonds. The molecule has 0 aromatic heterocycles. The van der Waals surface area contributed by atoms with Crippen molar-refractivity contribution in [2.45, 2.75) is 19.1 Å². The van der Waals surface area contributed by atoms with Crippen LogP contribution in [0.5, 0.6) is 0 Å². The third kappa shape index (κ3) is 17.0. The molecular weight excluding hydrogens is 369 g/mol. The van der Waals surface area contributed by atoms with E-state index in [0.717, 1.165) is 5.56 Å². The maximum atomic E-state index is 10.7. The first-order chi connectivity index (χ1) is 10.4. The molecule has 1 aromatic rings. The first-order valence-corrected chi connectivity index (χ1v) is 10.1. The second-order valence-corrected chi connectivity index (χ2v) is 8.13. The Labute approximate surface area is 138 Å². The van der Waals surface area contributed by atoms with Crippen LogP contribution in [0.1, 0.15) is 12.0 Å². The Morgan fingerprint density at radius 1 is 1.22 bits per heavy atom. The third-order valence-corrected chi connectivity index (χ3v) is 2.47. The Hall–Kier alpha value is -1.15. The van der Waals surface area contributed by atoms with Crippen molar-refractivity contribution in [1.29, 1.82) is 0 Å². The van der Waals surface area contributed by atoms with Gasteiger partial charge in [-0.2, -0.15) is 0 Å². The minimum atomic E-state index is -5.12. The number of carboxylic acid groups (broad SMARTS) is 1. The molecule has 132 valence electrons. The molecule has 8 nitrogen and oxygen atoms in total. The molecule has 0 aliphatic heterocycles. The average Bonchev–Trinajstić information content (AvgIpc) is 2.32. The van der Waals surface area contributed by atoms with Gasteiger partial charge >= 0.3 is 30.5 Å². The maximum absolute atomic E-state index is 10.7. The monoisotopic (exact) mass is 393 g/mol. The fraction of sp³-hybridized carbons (Fsp3) is 0.500. The molecule has 0 radical (unpaired) electrons. The zero-order chi connectivity index (χ0) is 18.1. The minimum absolute atomic E-state index is 0.0671. The van der Waals surface area contributed by atoms with E-state index in [0.29, 0.717) is 17.6 Å². The summed E-state index contributed by atoms with van der Waals surface area (Å²) in [5.41, 5.74) is 1.04. The molecule has 0 saturated heterocycles. The summed E-state index contributed by atoms with van der Waals surface area (Å²) < 4.78 is 37.0. The van der Waals surface area contributed by atoms with Gasteiger partial charge in [0.05, 0.1) is 27.7 Å². The van der Waals surface area contributed by atoms with E-state index >= 15 is 0 Å². The molecule has 0 heterocycles. The summed E-state index contributed by atoms with van der Waals surface area (Å²) in [5, 5.41) is 10.7. The summed E-state index contributed by atoms with van der Waals surface area (Å²) in [7, 11) is 6.02. The van der Waals surface area contributed by atoms with Crippen LogP contribution in [0.2, 0.25) is 0 Å². The SMILES string of the molecule is C[N+](C)(C)CC(CC(=O)[O-])OCc1ccccc1.O=[As](O)(O)O. The van der Waals surface area contributed by atoms with Crippen LogP contribution in [-0.2, 0) is 19.9 Å². The van der Waals surface area contributed by atoms with Crippen LogP contribution in [-0.4, -0.2) is 71.0 Å². The quantitative estimate of drug-likeness (QED) is 0.370. The van der Waals surface area contributed by atoms with Crippen molar-refractivity contribution in [2.24, 2.45) is 0 Å². The molecule has 1 atom stereocenters. The fourth-order valence-corrected chi connectivity index (χ4v) is 1.76. The predicted molar refractivity (Wildman–Crippen MR) is 80.6 cm³/mol. The second kappa shape index (κ2) is 9.87. The molecule has 0 fully saturated rings. The number of nitrogens with zero attached hydrogens (tertiary/aromatic N) is 1. The molecule has 0 aliphatic carbocycles. The number of carbonyl (C=O) groups excluding carboxylic acids is 1. The van der Waals surface area contributed by atoms with Crippen molar-refractivity contribution in [2.75, 3.05) is 27.7 Å². The van der Waals surface area contributed by atoms with Crippen LogP contribution >= 0.6 is 0 Å². The van der Waals surface area contributed by atoms with Gasteiger partial charge in [0.15, 0.2) is 0 Å². The van der Waals surface area contributed by atoms with Crippen molar-refractivity contribution >= 4 is 20.5 Å². The number of ether oxygens (including phenoxy) is 1. The molecule has 9 heteroatoms. The molecule has 1 unspecified atom stereocenters. The number of carboxylic acids is 1. The summed E-state index contributed by atoms with van der Waals surface area (Å²) in [6.07, 6.45) is -0.391. The van der Waals surface area contributed by atoms with E-state index in [4.69, 9.17) is 20.8 Å². The Morgan fingerprint density at radius 2 is 1.70 bits per heavy atom. The van der Waals surface area contributed by atoms with E-state index in [2.05, 4.69) is 0 Å². The topological polar surface area (TPSA) is 127 Å². The van der Waals surface area contributed by atoms with E-state index in [1.54, 1.807) is 0 Å².